The number of nitrogens with one attached hydrogen (secondary N) is 1. The van der Waals surface area contributed by atoms with E-state index in [9.17, 15) is 18.0 Å². The molecule has 0 spiro atoms. The van der Waals surface area contributed by atoms with Gasteiger partial charge in [0.15, 0.2) is 0 Å². The summed E-state index contributed by atoms with van der Waals surface area (Å²) in [5.41, 5.74) is 0.860. The highest BCUT2D eigenvalue weighted by Gasteiger charge is 2.33. The number of rotatable bonds is 11. The molecule has 0 fully saturated rings. The van der Waals surface area contributed by atoms with Crippen molar-refractivity contribution in [2.24, 2.45) is 0 Å². The van der Waals surface area contributed by atoms with Crippen LogP contribution in [0.1, 0.15) is 25.8 Å². The molecular weight excluding hydrogens is 533 g/mol. The van der Waals surface area contributed by atoms with Crippen LogP contribution in [-0.4, -0.2) is 44.3 Å². The summed E-state index contributed by atoms with van der Waals surface area (Å²) >= 11 is 12.6. The van der Waals surface area contributed by atoms with Gasteiger partial charge in [0.25, 0.3) is 10.0 Å². The number of hydrogen-bond acceptors (Lipinski definition) is 4. The van der Waals surface area contributed by atoms with Gasteiger partial charge in [0.1, 0.15) is 12.6 Å². The molecule has 0 aliphatic rings. The fraction of sp³-hybridized carbons (Fsp3) is 0.259. The molecule has 3 aromatic carbocycles. The topological polar surface area (TPSA) is 86.8 Å². The third kappa shape index (κ3) is 7.25. The first-order valence-electron chi connectivity index (χ1n) is 11.8. The third-order valence-electron chi connectivity index (χ3n) is 5.70. The first-order chi connectivity index (χ1) is 17.6. The second-order valence-electron chi connectivity index (χ2n) is 8.39. The van der Waals surface area contributed by atoms with Crippen LogP contribution in [0.3, 0.4) is 0 Å². The lowest BCUT2D eigenvalue weighted by Crippen LogP contribution is -2.51. The van der Waals surface area contributed by atoms with E-state index in [0.717, 1.165) is 16.3 Å². The zero-order valence-corrected chi connectivity index (χ0v) is 22.9. The van der Waals surface area contributed by atoms with Gasteiger partial charge in [0.05, 0.1) is 15.6 Å². The molecule has 0 aliphatic carbocycles. The molecule has 1 N–H and O–H groups in total. The van der Waals surface area contributed by atoms with Crippen molar-refractivity contribution in [2.75, 3.05) is 17.4 Å². The van der Waals surface area contributed by atoms with Gasteiger partial charge in [-0.2, -0.15) is 0 Å². The van der Waals surface area contributed by atoms with Crippen molar-refractivity contribution >= 4 is 50.7 Å². The van der Waals surface area contributed by atoms with Gasteiger partial charge in [0.2, 0.25) is 11.8 Å². The SMILES string of the molecule is CCCNC(=O)[C@@H](C)N(Cc1ccccc1)C(=O)CN(c1cc(Cl)ccc1Cl)S(=O)(=O)c1ccccc1. The molecule has 0 aliphatic heterocycles. The van der Waals surface area contributed by atoms with Gasteiger partial charge < -0.3 is 10.2 Å². The second-order valence-corrected chi connectivity index (χ2v) is 11.1. The number of sulfonamides is 1. The highest BCUT2D eigenvalue weighted by atomic mass is 35.5. The molecule has 0 bridgehead atoms. The maximum Gasteiger partial charge on any atom is 0.264 e. The summed E-state index contributed by atoms with van der Waals surface area (Å²) < 4.78 is 28.4. The van der Waals surface area contributed by atoms with Crippen LogP contribution in [0.4, 0.5) is 5.69 Å². The summed E-state index contributed by atoms with van der Waals surface area (Å²) in [4.78, 5) is 28.0. The Morgan fingerprint density at radius 1 is 0.946 bits per heavy atom. The quantitative estimate of drug-likeness (QED) is 0.351. The number of carbonyl (C=O) groups is 2. The van der Waals surface area contributed by atoms with Gasteiger partial charge in [-0.25, -0.2) is 8.42 Å². The normalized spacial score (nSPS) is 12.0. The average molecular weight is 563 g/mol. The predicted molar refractivity (Wildman–Crippen MR) is 147 cm³/mol. The first kappa shape index (κ1) is 28.5. The van der Waals surface area contributed by atoms with Crippen molar-refractivity contribution < 1.29 is 18.0 Å². The molecule has 37 heavy (non-hydrogen) atoms. The Balaban J connectivity index is 2.04. The van der Waals surface area contributed by atoms with Crippen LogP contribution in [0.15, 0.2) is 83.8 Å². The zero-order valence-electron chi connectivity index (χ0n) is 20.6. The Labute approximate surface area is 228 Å². The average Bonchev–Trinajstić information content (AvgIpc) is 2.91. The summed E-state index contributed by atoms with van der Waals surface area (Å²) in [5.74, 6) is -0.900. The molecule has 0 radical (unpaired) electrons. The second kappa shape index (κ2) is 12.9. The van der Waals surface area contributed by atoms with Gasteiger partial charge in [-0.05, 0) is 49.2 Å². The van der Waals surface area contributed by atoms with Crippen molar-refractivity contribution in [3.05, 3.63) is 94.5 Å². The molecule has 0 heterocycles. The largest absolute Gasteiger partial charge is 0.354 e. The maximum absolute atomic E-state index is 13.8. The van der Waals surface area contributed by atoms with Crippen LogP contribution in [-0.2, 0) is 26.2 Å². The summed E-state index contributed by atoms with van der Waals surface area (Å²) in [7, 11) is -4.21. The summed E-state index contributed by atoms with van der Waals surface area (Å²) in [5, 5.41) is 3.18. The molecule has 0 aromatic heterocycles. The molecule has 0 unspecified atom stereocenters. The van der Waals surface area contributed by atoms with Crippen molar-refractivity contribution in [1.82, 2.24) is 10.2 Å². The van der Waals surface area contributed by atoms with E-state index >= 15 is 0 Å². The Bertz CT molecular complexity index is 1320. The smallest absolute Gasteiger partial charge is 0.264 e. The van der Waals surface area contributed by atoms with Gasteiger partial charge in [-0.3, -0.25) is 13.9 Å². The molecule has 0 saturated carbocycles. The van der Waals surface area contributed by atoms with Gasteiger partial charge >= 0.3 is 0 Å². The van der Waals surface area contributed by atoms with Crippen LogP contribution < -0.4 is 9.62 Å². The number of hydrogen-bond donors (Lipinski definition) is 1. The van der Waals surface area contributed by atoms with E-state index in [1.165, 1.54) is 35.2 Å². The van der Waals surface area contributed by atoms with E-state index in [1.807, 2.05) is 37.3 Å². The van der Waals surface area contributed by atoms with Crippen molar-refractivity contribution in [3.8, 4) is 0 Å². The monoisotopic (exact) mass is 561 g/mol. The Morgan fingerprint density at radius 3 is 2.19 bits per heavy atom. The number of benzene rings is 3. The van der Waals surface area contributed by atoms with E-state index in [-0.39, 0.29) is 33.1 Å². The molecule has 3 rings (SSSR count). The van der Waals surface area contributed by atoms with Gasteiger partial charge in [-0.15, -0.1) is 0 Å². The third-order valence-corrected chi connectivity index (χ3v) is 8.03. The fourth-order valence-electron chi connectivity index (χ4n) is 3.67. The van der Waals surface area contributed by atoms with Crippen LogP contribution in [0.2, 0.25) is 10.0 Å². The molecule has 3 aromatic rings. The maximum atomic E-state index is 13.8. The lowest BCUT2D eigenvalue weighted by atomic mass is 10.1. The zero-order chi connectivity index (χ0) is 27.0. The van der Waals surface area contributed by atoms with E-state index in [1.54, 1.807) is 25.1 Å². The highest BCUT2D eigenvalue weighted by Crippen LogP contribution is 2.33. The van der Waals surface area contributed by atoms with Crippen LogP contribution in [0.25, 0.3) is 0 Å². The highest BCUT2D eigenvalue weighted by molar-refractivity contribution is 7.92. The van der Waals surface area contributed by atoms with Crippen molar-refractivity contribution in [3.63, 3.8) is 0 Å². The Morgan fingerprint density at radius 2 is 1.57 bits per heavy atom. The van der Waals surface area contributed by atoms with Crippen LogP contribution in [0, 0.1) is 0 Å². The Hall–Kier alpha value is -3.07. The summed E-state index contributed by atoms with van der Waals surface area (Å²) in [6.07, 6.45) is 0.738. The lowest BCUT2D eigenvalue weighted by Gasteiger charge is -2.32. The minimum atomic E-state index is -4.21. The van der Waals surface area contributed by atoms with Gasteiger partial charge in [-0.1, -0.05) is 78.7 Å². The predicted octanol–water partition coefficient (Wildman–Crippen LogP) is 5.13. The van der Waals surface area contributed by atoms with E-state index in [0.29, 0.717) is 6.54 Å². The minimum absolute atomic E-state index is 0.0119. The summed E-state index contributed by atoms with van der Waals surface area (Å²) in [6, 6.07) is 20.5. The molecule has 10 heteroatoms. The lowest BCUT2D eigenvalue weighted by molar-refractivity contribution is -0.139. The first-order valence-corrected chi connectivity index (χ1v) is 14.0. The van der Waals surface area contributed by atoms with Gasteiger partial charge in [0, 0.05) is 18.1 Å². The molecule has 2 amide bonds. The van der Waals surface area contributed by atoms with E-state index in [4.69, 9.17) is 23.2 Å². The van der Waals surface area contributed by atoms with Crippen molar-refractivity contribution in [2.45, 2.75) is 37.8 Å². The molecule has 0 saturated heterocycles. The fourth-order valence-corrected chi connectivity index (χ4v) is 5.55. The molecule has 196 valence electrons. The van der Waals surface area contributed by atoms with Crippen molar-refractivity contribution in [1.29, 1.82) is 0 Å². The summed E-state index contributed by atoms with van der Waals surface area (Å²) in [6.45, 7) is 3.54. The van der Waals surface area contributed by atoms with E-state index < -0.39 is 28.5 Å². The standard InChI is InChI=1S/C27H29Cl2N3O4S/c1-3-16-30-27(34)20(2)31(18-21-10-6-4-7-11-21)26(33)19-32(25-17-22(28)14-15-24(25)29)37(35,36)23-12-8-5-9-13-23/h4-15,17,20H,3,16,18-19H2,1-2H3,(H,30,34)/t20-/m1/s1. The molecule has 7 nitrogen and oxygen atoms in total. The van der Waals surface area contributed by atoms with E-state index in [2.05, 4.69) is 5.32 Å². The number of nitrogens with zero attached hydrogens (tertiary/aromatic N) is 2. The molecular formula is C27H29Cl2N3O4S. The number of anilines is 1. The van der Waals surface area contributed by atoms with Crippen LogP contribution in [0.5, 0.6) is 0 Å². The number of carbonyl (C=O) groups excluding carboxylic acids is 2. The van der Waals surface area contributed by atoms with Crippen LogP contribution >= 0.6 is 23.2 Å². The minimum Gasteiger partial charge on any atom is -0.354 e. The number of amides is 2. The Kier molecular flexibility index (Phi) is 9.97. The number of halogens is 2. The molecule has 1 atom stereocenters.